The standard InChI is InChI=1S/C20H20F4N2O4S/c1-13-12-25(31(29,30)16-4-2-3-14(9-16)10-19(27)28)7-8-26(13)15-5-6-17(18(21)11-15)20(22,23)24/h2-6,9,11,13H,7-8,10,12H2,1H3,(H,27,28). The summed E-state index contributed by atoms with van der Waals surface area (Å²) in [5.74, 6) is -2.47. The summed E-state index contributed by atoms with van der Waals surface area (Å²) in [6, 6.07) is 7.90. The number of aliphatic carboxylic acids is 1. The van der Waals surface area contributed by atoms with Crippen molar-refractivity contribution in [1.29, 1.82) is 0 Å². The number of nitrogens with zero attached hydrogens (tertiary/aromatic N) is 2. The molecule has 1 aliphatic rings. The summed E-state index contributed by atoms with van der Waals surface area (Å²) < 4.78 is 79.5. The lowest BCUT2D eigenvalue weighted by molar-refractivity contribution is -0.140. The zero-order valence-electron chi connectivity index (χ0n) is 16.4. The topological polar surface area (TPSA) is 77.9 Å². The van der Waals surface area contributed by atoms with Crippen LogP contribution < -0.4 is 4.90 Å². The van der Waals surface area contributed by atoms with E-state index in [1.54, 1.807) is 11.8 Å². The Kier molecular flexibility index (Phi) is 6.28. The average molecular weight is 460 g/mol. The molecule has 1 N–H and O–H groups in total. The molecule has 0 radical (unpaired) electrons. The number of rotatable bonds is 5. The maximum Gasteiger partial charge on any atom is 0.419 e. The lowest BCUT2D eigenvalue weighted by atomic mass is 10.1. The van der Waals surface area contributed by atoms with Crippen molar-refractivity contribution >= 4 is 21.7 Å². The summed E-state index contributed by atoms with van der Waals surface area (Å²) in [5.41, 5.74) is -0.773. The highest BCUT2D eigenvalue weighted by Gasteiger charge is 2.36. The smallest absolute Gasteiger partial charge is 0.419 e. The Morgan fingerprint density at radius 2 is 1.87 bits per heavy atom. The molecule has 0 saturated carbocycles. The molecule has 1 heterocycles. The van der Waals surface area contributed by atoms with E-state index in [0.29, 0.717) is 11.6 Å². The SMILES string of the molecule is CC1CN(S(=O)(=O)c2cccc(CC(=O)O)c2)CCN1c1ccc(C(F)(F)F)c(F)c1. The van der Waals surface area contributed by atoms with Crippen molar-refractivity contribution < 1.29 is 35.9 Å². The Balaban J connectivity index is 1.78. The van der Waals surface area contributed by atoms with Crippen molar-refractivity contribution in [3.05, 3.63) is 59.4 Å². The van der Waals surface area contributed by atoms with E-state index in [1.807, 2.05) is 0 Å². The first-order valence-electron chi connectivity index (χ1n) is 9.34. The van der Waals surface area contributed by atoms with Crippen molar-refractivity contribution in [2.24, 2.45) is 0 Å². The van der Waals surface area contributed by atoms with Gasteiger partial charge in [0.25, 0.3) is 0 Å². The second kappa shape index (κ2) is 8.46. The zero-order valence-corrected chi connectivity index (χ0v) is 17.3. The normalized spacial score (nSPS) is 18.2. The molecule has 1 unspecified atom stereocenters. The molecule has 6 nitrogen and oxygen atoms in total. The summed E-state index contributed by atoms with van der Waals surface area (Å²) >= 11 is 0. The fourth-order valence-electron chi connectivity index (χ4n) is 3.58. The van der Waals surface area contributed by atoms with E-state index < -0.39 is 39.6 Å². The molecule has 1 saturated heterocycles. The largest absolute Gasteiger partial charge is 0.481 e. The predicted octanol–water partition coefficient (Wildman–Crippen LogP) is 3.37. The molecule has 0 amide bonds. The van der Waals surface area contributed by atoms with Gasteiger partial charge in [-0.15, -0.1) is 0 Å². The number of sulfonamides is 1. The minimum absolute atomic E-state index is 0.0347. The number of hydrogen-bond acceptors (Lipinski definition) is 4. The van der Waals surface area contributed by atoms with E-state index in [0.717, 1.165) is 6.07 Å². The van der Waals surface area contributed by atoms with Crippen molar-refractivity contribution in [2.75, 3.05) is 24.5 Å². The lowest BCUT2D eigenvalue weighted by Crippen LogP contribution is -2.53. The quantitative estimate of drug-likeness (QED) is 0.693. The lowest BCUT2D eigenvalue weighted by Gasteiger charge is -2.40. The van der Waals surface area contributed by atoms with Crippen LogP contribution in [0.5, 0.6) is 0 Å². The molecule has 1 fully saturated rings. The first kappa shape index (κ1) is 23.0. The van der Waals surface area contributed by atoms with Gasteiger partial charge < -0.3 is 10.0 Å². The van der Waals surface area contributed by atoms with Crippen LogP contribution in [0.1, 0.15) is 18.1 Å². The highest BCUT2D eigenvalue weighted by molar-refractivity contribution is 7.89. The second-order valence-electron chi connectivity index (χ2n) is 7.29. The number of piperazine rings is 1. The van der Waals surface area contributed by atoms with Gasteiger partial charge in [0, 0.05) is 31.4 Å². The Morgan fingerprint density at radius 1 is 1.16 bits per heavy atom. The Morgan fingerprint density at radius 3 is 2.45 bits per heavy atom. The van der Waals surface area contributed by atoms with Crippen LogP contribution in [-0.2, 0) is 27.4 Å². The molecule has 0 aromatic heterocycles. The van der Waals surface area contributed by atoms with Crippen molar-refractivity contribution in [1.82, 2.24) is 4.31 Å². The number of hydrogen-bond donors (Lipinski definition) is 1. The number of carboxylic acids is 1. The summed E-state index contributed by atoms with van der Waals surface area (Å²) in [6.07, 6.45) is -5.11. The van der Waals surface area contributed by atoms with Gasteiger partial charge in [0.05, 0.1) is 16.9 Å². The van der Waals surface area contributed by atoms with Gasteiger partial charge in [-0.05, 0) is 42.8 Å². The molecule has 1 aliphatic heterocycles. The van der Waals surface area contributed by atoms with Gasteiger partial charge in [0.15, 0.2) is 0 Å². The predicted molar refractivity (Wildman–Crippen MR) is 105 cm³/mol. The van der Waals surface area contributed by atoms with Crippen LogP contribution in [0.4, 0.5) is 23.2 Å². The molecular formula is C20H20F4N2O4S. The average Bonchev–Trinajstić information content (AvgIpc) is 2.66. The minimum atomic E-state index is -4.80. The summed E-state index contributed by atoms with van der Waals surface area (Å²) in [7, 11) is -3.90. The van der Waals surface area contributed by atoms with E-state index in [9.17, 15) is 30.8 Å². The summed E-state index contributed by atoms with van der Waals surface area (Å²) in [4.78, 5) is 12.5. The molecule has 1 atom stereocenters. The minimum Gasteiger partial charge on any atom is -0.481 e. The van der Waals surface area contributed by atoms with Gasteiger partial charge in [-0.25, -0.2) is 12.8 Å². The third kappa shape index (κ3) is 4.99. The summed E-state index contributed by atoms with van der Waals surface area (Å²) in [5, 5.41) is 8.91. The van der Waals surface area contributed by atoms with Gasteiger partial charge in [0.1, 0.15) is 5.82 Å². The van der Waals surface area contributed by atoms with E-state index in [4.69, 9.17) is 5.11 Å². The first-order chi connectivity index (χ1) is 14.4. The van der Waals surface area contributed by atoms with Crippen LogP contribution in [-0.4, -0.2) is 49.5 Å². The van der Waals surface area contributed by atoms with Crippen LogP contribution in [0, 0.1) is 5.82 Å². The van der Waals surface area contributed by atoms with Crippen LogP contribution >= 0.6 is 0 Å². The number of anilines is 1. The van der Waals surface area contributed by atoms with Gasteiger partial charge in [-0.2, -0.15) is 17.5 Å². The third-order valence-electron chi connectivity index (χ3n) is 5.07. The Labute approximate surface area is 176 Å². The van der Waals surface area contributed by atoms with E-state index >= 15 is 0 Å². The van der Waals surface area contributed by atoms with Crippen LogP contribution in [0.15, 0.2) is 47.4 Å². The van der Waals surface area contributed by atoms with Crippen molar-refractivity contribution in [3.8, 4) is 0 Å². The molecule has 168 valence electrons. The van der Waals surface area contributed by atoms with Gasteiger partial charge in [-0.1, -0.05) is 12.1 Å². The van der Waals surface area contributed by atoms with E-state index in [1.165, 1.54) is 34.6 Å². The molecule has 3 rings (SSSR count). The van der Waals surface area contributed by atoms with Crippen LogP contribution in [0.3, 0.4) is 0 Å². The molecular weight excluding hydrogens is 440 g/mol. The van der Waals surface area contributed by atoms with Gasteiger partial charge in [-0.3, -0.25) is 4.79 Å². The molecule has 11 heteroatoms. The number of carboxylic acid groups (broad SMARTS) is 1. The van der Waals surface area contributed by atoms with Crippen LogP contribution in [0.2, 0.25) is 0 Å². The molecule has 0 spiro atoms. The van der Waals surface area contributed by atoms with Gasteiger partial charge in [0.2, 0.25) is 10.0 Å². The van der Waals surface area contributed by atoms with E-state index in [2.05, 4.69) is 0 Å². The highest BCUT2D eigenvalue weighted by Crippen LogP contribution is 2.34. The number of benzene rings is 2. The highest BCUT2D eigenvalue weighted by atomic mass is 32.2. The Bertz CT molecular complexity index is 1090. The number of carbonyl (C=O) groups is 1. The van der Waals surface area contributed by atoms with Crippen molar-refractivity contribution in [2.45, 2.75) is 30.5 Å². The van der Waals surface area contributed by atoms with Gasteiger partial charge >= 0.3 is 12.1 Å². The summed E-state index contributed by atoms with van der Waals surface area (Å²) in [6.45, 7) is 1.92. The first-order valence-corrected chi connectivity index (χ1v) is 10.8. The van der Waals surface area contributed by atoms with Crippen LogP contribution in [0.25, 0.3) is 0 Å². The van der Waals surface area contributed by atoms with Crippen molar-refractivity contribution in [3.63, 3.8) is 0 Å². The maximum absolute atomic E-state index is 13.9. The monoisotopic (exact) mass is 460 g/mol. The second-order valence-corrected chi connectivity index (χ2v) is 9.22. The maximum atomic E-state index is 13.9. The molecule has 2 aromatic carbocycles. The number of halogens is 4. The number of alkyl halides is 3. The fourth-order valence-corrected chi connectivity index (χ4v) is 5.16. The molecule has 0 bridgehead atoms. The third-order valence-corrected chi connectivity index (χ3v) is 6.93. The molecule has 31 heavy (non-hydrogen) atoms. The Hall–Kier alpha value is -2.66. The molecule has 2 aromatic rings. The zero-order chi connectivity index (χ0) is 23.0. The fraction of sp³-hybridized carbons (Fsp3) is 0.350. The molecule has 0 aliphatic carbocycles. The van der Waals surface area contributed by atoms with E-state index in [-0.39, 0.29) is 36.6 Å².